The number of hydrogen-bond donors (Lipinski definition) is 1. The molecule has 1 saturated carbocycles. The van der Waals surface area contributed by atoms with E-state index in [0.717, 1.165) is 6.04 Å². The topological polar surface area (TPSA) is 21.9 Å². The van der Waals surface area contributed by atoms with Gasteiger partial charge in [-0.3, -0.25) is 0 Å². The van der Waals surface area contributed by atoms with Gasteiger partial charge in [-0.1, -0.05) is 12.8 Å². The highest BCUT2D eigenvalue weighted by molar-refractivity contribution is 5.12. The number of rotatable bonds is 0. The van der Waals surface area contributed by atoms with Crippen LogP contribution >= 0.6 is 0 Å². The van der Waals surface area contributed by atoms with Crippen molar-refractivity contribution in [2.75, 3.05) is 0 Å². The summed E-state index contributed by atoms with van der Waals surface area (Å²) in [6.45, 7) is 2.34. The van der Waals surface area contributed by atoms with E-state index in [1.165, 1.54) is 25.7 Å². The van der Waals surface area contributed by atoms with Crippen LogP contribution in [0.25, 0.3) is 0 Å². The molecule has 1 heterocycles. The zero-order valence-corrected chi connectivity index (χ0v) is 5.41. The maximum Gasteiger partial charge on any atom is 0.0310 e. The van der Waals surface area contributed by atoms with E-state index in [9.17, 15) is 0 Å². The fraction of sp³-hybridized carbons (Fsp3) is 1.00. The van der Waals surface area contributed by atoms with Gasteiger partial charge in [0.1, 0.15) is 0 Å². The lowest BCUT2D eigenvalue weighted by Gasteiger charge is -2.12. The average Bonchev–Trinajstić information content (AvgIpc) is 2.39. The molecule has 2 fully saturated rings. The van der Waals surface area contributed by atoms with E-state index in [2.05, 4.69) is 12.2 Å². The third-order valence-corrected chi connectivity index (χ3v) is 2.63. The Morgan fingerprint density at radius 1 is 1.50 bits per heavy atom. The average molecular weight is 111 g/mol. The predicted octanol–water partition coefficient (Wildman–Crippen LogP) is 1.29. The Kier molecular flexibility index (Phi) is 0.762. The van der Waals surface area contributed by atoms with Crippen molar-refractivity contribution >= 4 is 0 Å². The minimum Gasteiger partial charge on any atom is -0.305 e. The molecule has 0 aromatic carbocycles. The molecule has 1 aliphatic carbocycles. The van der Waals surface area contributed by atoms with E-state index in [1.807, 2.05) is 0 Å². The molecule has 0 aromatic rings. The summed E-state index contributed by atoms with van der Waals surface area (Å²) in [6.07, 6.45) is 5.74. The lowest BCUT2D eigenvalue weighted by atomic mass is 9.91. The Morgan fingerprint density at radius 2 is 2.38 bits per heavy atom. The van der Waals surface area contributed by atoms with Gasteiger partial charge < -0.3 is 5.32 Å². The van der Waals surface area contributed by atoms with Crippen molar-refractivity contribution in [1.82, 2.24) is 5.32 Å². The van der Waals surface area contributed by atoms with Crippen molar-refractivity contribution in [2.24, 2.45) is 0 Å². The number of fused-ring (bicyclic) bond motifs is 1. The predicted molar refractivity (Wildman–Crippen MR) is 33.8 cm³/mol. The minimum atomic E-state index is 0.595. The smallest absolute Gasteiger partial charge is 0.0310 e. The summed E-state index contributed by atoms with van der Waals surface area (Å²) in [5.74, 6) is 0. The highest BCUT2D eigenvalue weighted by Crippen LogP contribution is 2.39. The van der Waals surface area contributed by atoms with Gasteiger partial charge in [0.15, 0.2) is 0 Å². The van der Waals surface area contributed by atoms with Crippen molar-refractivity contribution in [1.29, 1.82) is 0 Å². The van der Waals surface area contributed by atoms with Gasteiger partial charge in [0.2, 0.25) is 0 Å². The lowest BCUT2D eigenvalue weighted by Crippen LogP contribution is -2.14. The molecule has 1 aliphatic heterocycles. The van der Waals surface area contributed by atoms with Crippen LogP contribution in [0.4, 0.5) is 0 Å². The second-order valence-corrected chi connectivity index (χ2v) is 3.36. The van der Waals surface area contributed by atoms with Crippen LogP contribution in [0, 0.1) is 0 Å². The van der Waals surface area contributed by atoms with Gasteiger partial charge in [-0.05, 0) is 19.8 Å². The summed E-state index contributed by atoms with van der Waals surface area (Å²) in [7, 11) is 0. The maximum atomic E-state index is 3.51. The number of hydrogen-bond acceptors (Lipinski definition) is 1. The molecule has 0 aromatic heterocycles. The lowest BCUT2D eigenvalue weighted by molar-refractivity contribution is 0.480. The Labute approximate surface area is 50.5 Å². The summed E-state index contributed by atoms with van der Waals surface area (Å²) < 4.78 is 0. The minimum absolute atomic E-state index is 0.595. The Balaban J connectivity index is 2.04. The van der Waals surface area contributed by atoms with Crippen molar-refractivity contribution < 1.29 is 0 Å². The molecule has 0 spiro atoms. The molecular weight excluding hydrogens is 98.1 g/mol. The molecule has 1 heteroatoms. The molecule has 0 bridgehead atoms. The standard InChI is InChI=1S/C7H13N/c1-7-5-3-2-4-6(7)8-7/h6,8H,2-5H2,1H3. The molecule has 0 amide bonds. The van der Waals surface area contributed by atoms with Gasteiger partial charge in [-0.25, -0.2) is 0 Å². The van der Waals surface area contributed by atoms with E-state index in [4.69, 9.17) is 0 Å². The van der Waals surface area contributed by atoms with Crippen LogP contribution in [0.2, 0.25) is 0 Å². The molecule has 0 radical (unpaired) electrons. The molecule has 1 N–H and O–H groups in total. The molecule has 2 atom stereocenters. The van der Waals surface area contributed by atoms with Crippen LogP contribution in [0.5, 0.6) is 0 Å². The Morgan fingerprint density at radius 3 is 2.88 bits per heavy atom. The fourth-order valence-corrected chi connectivity index (χ4v) is 1.83. The SMILES string of the molecule is CC12CCCCC1N2. The second-order valence-electron chi connectivity index (χ2n) is 3.36. The number of nitrogens with one attached hydrogen (secondary N) is 1. The van der Waals surface area contributed by atoms with Crippen molar-refractivity contribution in [3.05, 3.63) is 0 Å². The van der Waals surface area contributed by atoms with Gasteiger partial charge >= 0.3 is 0 Å². The van der Waals surface area contributed by atoms with E-state index >= 15 is 0 Å². The summed E-state index contributed by atoms with van der Waals surface area (Å²) in [4.78, 5) is 0. The van der Waals surface area contributed by atoms with E-state index < -0.39 is 0 Å². The van der Waals surface area contributed by atoms with Crippen molar-refractivity contribution in [3.63, 3.8) is 0 Å². The van der Waals surface area contributed by atoms with Crippen LogP contribution in [0.3, 0.4) is 0 Å². The summed E-state index contributed by atoms with van der Waals surface area (Å²) in [5.41, 5.74) is 0.595. The third-order valence-electron chi connectivity index (χ3n) is 2.63. The van der Waals surface area contributed by atoms with Crippen LogP contribution in [0.1, 0.15) is 32.6 Å². The summed E-state index contributed by atoms with van der Waals surface area (Å²) in [5, 5.41) is 3.51. The molecule has 1 nitrogen and oxygen atoms in total. The fourth-order valence-electron chi connectivity index (χ4n) is 1.83. The van der Waals surface area contributed by atoms with Gasteiger partial charge in [-0.15, -0.1) is 0 Å². The molecule has 1 saturated heterocycles. The molecule has 46 valence electrons. The zero-order valence-electron chi connectivity index (χ0n) is 5.41. The van der Waals surface area contributed by atoms with E-state index in [1.54, 1.807) is 0 Å². The highest BCUT2D eigenvalue weighted by atomic mass is 15.2. The molecule has 8 heavy (non-hydrogen) atoms. The molecule has 2 aliphatic rings. The van der Waals surface area contributed by atoms with Crippen molar-refractivity contribution in [2.45, 2.75) is 44.2 Å². The van der Waals surface area contributed by atoms with Gasteiger partial charge in [0.25, 0.3) is 0 Å². The Bertz CT molecular complexity index is 109. The van der Waals surface area contributed by atoms with E-state index in [0.29, 0.717) is 5.54 Å². The normalized spacial score (nSPS) is 52.9. The van der Waals surface area contributed by atoms with Gasteiger partial charge in [0, 0.05) is 11.6 Å². The van der Waals surface area contributed by atoms with Gasteiger partial charge in [0.05, 0.1) is 0 Å². The first-order chi connectivity index (χ1) is 3.81. The van der Waals surface area contributed by atoms with Crippen LogP contribution < -0.4 is 5.32 Å². The van der Waals surface area contributed by atoms with Gasteiger partial charge in [-0.2, -0.15) is 0 Å². The van der Waals surface area contributed by atoms with E-state index in [-0.39, 0.29) is 0 Å². The second kappa shape index (κ2) is 1.27. The van der Waals surface area contributed by atoms with Crippen LogP contribution in [0.15, 0.2) is 0 Å². The van der Waals surface area contributed by atoms with Crippen LogP contribution in [-0.4, -0.2) is 11.6 Å². The quantitative estimate of drug-likeness (QED) is 0.467. The first-order valence-corrected chi connectivity index (χ1v) is 3.59. The zero-order chi connectivity index (χ0) is 5.61. The maximum absolute atomic E-state index is 3.51. The molecule has 2 rings (SSSR count). The molecule has 2 unspecified atom stereocenters. The first-order valence-electron chi connectivity index (χ1n) is 3.59. The summed E-state index contributed by atoms with van der Waals surface area (Å²) >= 11 is 0. The Hall–Kier alpha value is -0.0400. The third kappa shape index (κ3) is 0.510. The highest BCUT2D eigenvalue weighted by Gasteiger charge is 2.49. The first kappa shape index (κ1) is 4.80. The summed E-state index contributed by atoms with van der Waals surface area (Å²) in [6, 6.07) is 0.899. The van der Waals surface area contributed by atoms with Crippen LogP contribution in [-0.2, 0) is 0 Å². The monoisotopic (exact) mass is 111 g/mol. The molecular formula is C7H13N. The van der Waals surface area contributed by atoms with Crippen molar-refractivity contribution in [3.8, 4) is 0 Å². The largest absolute Gasteiger partial charge is 0.305 e.